The van der Waals surface area contributed by atoms with Crippen LogP contribution < -0.4 is 5.32 Å². The normalized spacial score (nSPS) is 15.3. The van der Waals surface area contributed by atoms with Crippen molar-refractivity contribution in [1.29, 1.82) is 0 Å². The minimum absolute atomic E-state index is 0.128. The quantitative estimate of drug-likeness (QED) is 0.837. The fourth-order valence-electron chi connectivity index (χ4n) is 1.52. The third-order valence-electron chi connectivity index (χ3n) is 2.57. The Labute approximate surface area is 97.4 Å². The van der Waals surface area contributed by atoms with Crippen LogP contribution in [0.5, 0.6) is 0 Å². The lowest BCUT2D eigenvalue weighted by molar-refractivity contribution is 0.0924. The van der Waals surface area contributed by atoms with Crippen molar-refractivity contribution in [3.05, 3.63) is 22.6 Å². The van der Waals surface area contributed by atoms with Crippen molar-refractivity contribution in [2.24, 2.45) is 5.92 Å². The van der Waals surface area contributed by atoms with Crippen LogP contribution in [0.4, 0.5) is 0 Å². The number of hydrogen-bond acceptors (Lipinski definition) is 2. The van der Waals surface area contributed by atoms with Gasteiger partial charge in [-0.25, -0.2) is 0 Å². The topological polar surface area (TPSA) is 42.2 Å². The number of rotatable bonds is 5. The minimum Gasteiger partial charge on any atom is -0.444 e. The average Bonchev–Trinajstić information content (AvgIpc) is 2.94. The second-order valence-corrected chi connectivity index (χ2v) is 4.73. The Balaban J connectivity index is 1.67. The SMILES string of the molecule is O=C(NCCCC1CC1)c1ccc(Br)o1. The summed E-state index contributed by atoms with van der Waals surface area (Å²) in [6.07, 6.45) is 5.05. The second-order valence-electron chi connectivity index (χ2n) is 3.95. The van der Waals surface area contributed by atoms with Crippen LogP contribution in [-0.2, 0) is 0 Å². The molecule has 1 fully saturated rings. The van der Waals surface area contributed by atoms with E-state index in [-0.39, 0.29) is 5.91 Å². The number of carbonyl (C=O) groups is 1. The molecule has 0 atom stereocenters. The molecule has 1 aliphatic carbocycles. The number of halogens is 1. The van der Waals surface area contributed by atoms with E-state index in [4.69, 9.17) is 4.42 Å². The number of hydrogen-bond donors (Lipinski definition) is 1. The standard InChI is InChI=1S/C11H14BrNO2/c12-10-6-5-9(15-10)11(14)13-7-1-2-8-3-4-8/h5-6,8H,1-4,7H2,(H,13,14). The number of amides is 1. The van der Waals surface area contributed by atoms with Gasteiger partial charge in [-0.1, -0.05) is 12.8 Å². The van der Waals surface area contributed by atoms with E-state index < -0.39 is 0 Å². The maximum atomic E-state index is 11.5. The Morgan fingerprint density at radius 3 is 2.93 bits per heavy atom. The molecule has 1 aliphatic rings. The first kappa shape index (κ1) is 10.7. The molecular formula is C11H14BrNO2. The number of furan rings is 1. The first-order chi connectivity index (χ1) is 7.25. The zero-order chi connectivity index (χ0) is 10.7. The Kier molecular flexibility index (Phi) is 3.46. The van der Waals surface area contributed by atoms with Crippen molar-refractivity contribution in [2.45, 2.75) is 25.7 Å². The summed E-state index contributed by atoms with van der Waals surface area (Å²) < 4.78 is 5.73. The van der Waals surface area contributed by atoms with Gasteiger partial charge in [-0.3, -0.25) is 4.79 Å². The molecule has 0 unspecified atom stereocenters. The van der Waals surface area contributed by atoms with Crippen LogP contribution in [-0.4, -0.2) is 12.5 Å². The monoisotopic (exact) mass is 271 g/mol. The van der Waals surface area contributed by atoms with E-state index in [0.717, 1.165) is 18.9 Å². The molecule has 0 aromatic carbocycles. The largest absolute Gasteiger partial charge is 0.444 e. The molecule has 0 bridgehead atoms. The molecule has 1 amide bonds. The van der Waals surface area contributed by atoms with Crippen molar-refractivity contribution in [2.75, 3.05) is 6.54 Å². The zero-order valence-corrected chi connectivity index (χ0v) is 10.0. The Hall–Kier alpha value is -0.770. The smallest absolute Gasteiger partial charge is 0.287 e. The van der Waals surface area contributed by atoms with Gasteiger partial charge in [-0.15, -0.1) is 0 Å². The van der Waals surface area contributed by atoms with E-state index in [1.54, 1.807) is 12.1 Å². The lowest BCUT2D eigenvalue weighted by Gasteiger charge is -2.01. The van der Waals surface area contributed by atoms with Gasteiger partial charge in [0.25, 0.3) is 5.91 Å². The summed E-state index contributed by atoms with van der Waals surface area (Å²) >= 11 is 3.16. The average molecular weight is 272 g/mol. The van der Waals surface area contributed by atoms with Crippen LogP contribution in [0.25, 0.3) is 0 Å². The molecule has 0 aliphatic heterocycles. The summed E-state index contributed by atoms with van der Waals surface area (Å²) in [4.78, 5) is 11.5. The highest BCUT2D eigenvalue weighted by atomic mass is 79.9. The third-order valence-corrected chi connectivity index (χ3v) is 2.99. The molecule has 1 N–H and O–H groups in total. The molecule has 4 heteroatoms. The molecule has 15 heavy (non-hydrogen) atoms. The van der Waals surface area contributed by atoms with Crippen LogP contribution >= 0.6 is 15.9 Å². The van der Waals surface area contributed by atoms with Crippen molar-refractivity contribution < 1.29 is 9.21 Å². The fraction of sp³-hybridized carbons (Fsp3) is 0.545. The summed E-state index contributed by atoms with van der Waals surface area (Å²) in [5.41, 5.74) is 0. The molecule has 1 aromatic heterocycles. The van der Waals surface area contributed by atoms with Crippen molar-refractivity contribution in [1.82, 2.24) is 5.32 Å². The molecule has 0 spiro atoms. The molecule has 2 rings (SSSR count). The van der Waals surface area contributed by atoms with Gasteiger partial charge in [0.1, 0.15) is 0 Å². The Morgan fingerprint density at radius 2 is 2.33 bits per heavy atom. The summed E-state index contributed by atoms with van der Waals surface area (Å²) in [5.74, 6) is 1.17. The molecule has 0 saturated heterocycles. The van der Waals surface area contributed by atoms with Gasteiger partial charge in [0.15, 0.2) is 10.4 Å². The Morgan fingerprint density at radius 1 is 1.53 bits per heavy atom. The van der Waals surface area contributed by atoms with Crippen LogP contribution in [0.1, 0.15) is 36.2 Å². The predicted octanol–water partition coefficient (Wildman–Crippen LogP) is 2.96. The highest BCUT2D eigenvalue weighted by molar-refractivity contribution is 9.10. The van der Waals surface area contributed by atoms with E-state index in [0.29, 0.717) is 10.4 Å². The predicted molar refractivity (Wildman–Crippen MR) is 60.7 cm³/mol. The highest BCUT2D eigenvalue weighted by Crippen LogP contribution is 2.33. The van der Waals surface area contributed by atoms with E-state index in [1.807, 2.05) is 0 Å². The van der Waals surface area contributed by atoms with Gasteiger partial charge < -0.3 is 9.73 Å². The van der Waals surface area contributed by atoms with Crippen LogP contribution in [0.2, 0.25) is 0 Å². The van der Waals surface area contributed by atoms with Gasteiger partial charge in [0.2, 0.25) is 0 Å². The summed E-state index contributed by atoms with van der Waals surface area (Å²) in [6.45, 7) is 0.744. The lowest BCUT2D eigenvalue weighted by Crippen LogP contribution is -2.23. The zero-order valence-electron chi connectivity index (χ0n) is 8.46. The summed E-state index contributed by atoms with van der Waals surface area (Å²) in [6, 6.07) is 3.39. The minimum atomic E-state index is -0.128. The second kappa shape index (κ2) is 4.84. The van der Waals surface area contributed by atoms with Crippen LogP contribution in [0, 0.1) is 5.92 Å². The van der Waals surface area contributed by atoms with E-state index in [9.17, 15) is 4.79 Å². The molecular weight excluding hydrogens is 258 g/mol. The number of carbonyl (C=O) groups excluding carboxylic acids is 1. The van der Waals surface area contributed by atoms with Gasteiger partial charge in [0, 0.05) is 6.54 Å². The first-order valence-electron chi connectivity index (χ1n) is 5.29. The molecule has 3 nitrogen and oxygen atoms in total. The van der Waals surface area contributed by atoms with Gasteiger partial charge in [0.05, 0.1) is 0 Å². The van der Waals surface area contributed by atoms with Gasteiger partial charge in [-0.2, -0.15) is 0 Å². The van der Waals surface area contributed by atoms with Crippen molar-refractivity contribution in [3.8, 4) is 0 Å². The van der Waals surface area contributed by atoms with Gasteiger partial charge >= 0.3 is 0 Å². The number of nitrogens with one attached hydrogen (secondary N) is 1. The van der Waals surface area contributed by atoms with E-state index in [2.05, 4.69) is 21.2 Å². The molecule has 1 saturated carbocycles. The summed E-state index contributed by atoms with van der Waals surface area (Å²) in [7, 11) is 0. The van der Waals surface area contributed by atoms with E-state index in [1.165, 1.54) is 19.3 Å². The first-order valence-corrected chi connectivity index (χ1v) is 6.08. The maximum Gasteiger partial charge on any atom is 0.287 e. The summed E-state index contributed by atoms with van der Waals surface area (Å²) in [5, 5.41) is 2.84. The fourth-order valence-corrected chi connectivity index (χ4v) is 1.83. The maximum absolute atomic E-state index is 11.5. The van der Waals surface area contributed by atoms with Crippen LogP contribution in [0.3, 0.4) is 0 Å². The highest BCUT2D eigenvalue weighted by Gasteiger charge is 2.20. The van der Waals surface area contributed by atoms with Gasteiger partial charge in [-0.05, 0) is 46.8 Å². The van der Waals surface area contributed by atoms with E-state index >= 15 is 0 Å². The van der Waals surface area contributed by atoms with Crippen LogP contribution in [0.15, 0.2) is 21.2 Å². The van der Waals surface area contributed by atoms with Crippen molar-refractivity contribution >= 4 is 21.8 Å². The molecule has 82 valence electrons. The Bertz CT molecular complexity index is 344. The molecule has 1 heterocycles. The van der Waals surface area contributed by atoms with Crippen molar-refractivity contribution in [3.63, 3.8) is 0 Å². The third kappa shape index (κ3) is 3.38. The lowest BCUT2D eigenvalue weighted by atomic mass is 10.2. The molecule has 1 aromatic rings. The molecule has 0 radical (unpaired) electrons.